The third-order valence-electron chi connectivity index (χ3n) is 3.58. The monoisotopic (exact) mass is 332 g/mol. The molecule has 1 aromatic carbocycles. The first-order valence-electron chi connectivity index (χ1n) is 7.03. The summed E-state index contributed by atoms with van der Waals surface area (Å²) in [5.74, 6) is 0. The topological polar surface area (TPSA) is 58.6 Å². The summed E-state index contributed by atoms with van der Waals surface area (Å²) < 4.78 is 32.5. The highest BCUT2D eigenvalue weighted by atomic mass is 35.5. The van der Waals surface area contributed by atoms with Gasteiger partial charge in [-0.25, -0.2) is 8.42 Å². The van der Waals surface area contributed by atoms with Crippen LogP contribution in [0.15, 0.2) is 23.1 Å². The Morgan fingerprint density at radius 2 is 2.24 bits per heavy atom. The predicted molar refractivity (Wildman–Crippen MR) is 83.0 cm³/mol. The van der Waals surface area contributed by atoms with E-state index in [9.17, 15) is 8.42 Å². The first-order chi connectivity index (χ1) is 9.98. The van der Waals surface area contributed by atoms with Crippen LogP contribution in [0.3, 0.4) is 0 Å². The van der Waals surface area contributed by atoms with Gasteiger partial charge in [0.1, 0.15) is 0 Å². The Labute approximate surface area is 131 Å². The van der Waals surface area contributed by atoms with E-state index in [4.69, 9.17) is 16.3 Å². The Bertz CT molecular complexity index is 592. The molecule has 1 saturated heterocycles. The van der Waals surface area contributed by atoms with Crippen LogP contribution in [0.1, 0.15) is 18.9 Å². The zero-order valence-corrected chi connectivity index (χ0v) is 13.9. The number of morpholine rings is 1. The number of halogens is 1. The maximum atomic E-state index is 12.7. The molecule has 1 fully saturated rings. The molecule has 7 heteroatoms. The highest BCUT2D eigenvalue weighted by Gasteiger charge is 2.30. The van der Waals surface area contributed by atoms with Gasteiger partial charge in [0.2, 0.25) is 10.0 Å². The van der Waals surface area contributed by atoms with Crippen molar-refractivity contribution in [3.05, 3.63) is 28.8 Å². The van der Waals surface area contributed by atoms with E-state index in [-0.39, 0.29) is 11.0 Å². The molecule has 0 aromatic heterocycles. The van der Waals surface area contributed by atoms with Crippen LogP contribution < -0.4 is 5.32 Å². The maximum absolute atomic E-state index is 12.7. The fourth-order valence-electron chi connectivity index (χ4n) is 2.34. The molecule has 1 aromatic rings. The van der Waals surface area contributed by atoms with Gasteiger partial charge in [-0.05, 0) is 37.2 Å². The van der Waals surface area contributed by atoms with E-state index in [1.807, 2.05) is 6.92 Å². The first-order valence-corrected chi connectivity index (χ1v) is 8.85. The Morgan fingerprint density at radius 3 is 2.90 bits per heavy atom. The molecule has 0 saturated carbocycles. The van der Waals surface area contributed by atoms with Gasteiger partial charge in [0.05, 0.1) is 17.6 Å². The van der Waals surface area contributed by atoms with Crippen molar-refractivity contribution in [2.45, 2.75) is 30.9 Å². The molecule has 0 amide bonds. The second-order valence-electron chi connectivity index (χ2n) is 5.05. The van der Waals surface area contributed by atoms with Gasteiger partial charge in [-0.1, -0.05) is 18.5 Å². The lowest BCUT2D eigenvalue weighted by Crippen LogP contribution is -2.45. The number of hydrogen-bond acceptors (Lipinski definition) is 4. The highest BCUT2D eigenvalue weighted by Crippen LogP contribution is 2.24. The average molecular weight is 333 g/mol. The minimum absolute atomic E-state index is 0.0300. The summed E-state index contributed by atoms with van der Waals surface area (Å²) >= 11 is 6.09. The molecule has 1 atom stereocenters. The van der Waals surface area contributed by atoms with E-state index in [1.54, 1.807) is 25.2 Å². The Morgan fingerprint density at radius 1 is 1.48 bits per heavy atom. The van der Waals surface area contributed by atoms with Gasteiger partial charge in [-0.3, -0.25) is 0 Å². The van der Waals surface area contributed by atoms with Crippen molar-refractivity contribution < 1.29 is 13.2 Å². The number of hydrogen-bond donors (Lipinski definition) is 1. The maximum Gasteiger partial charge on any atom is 0.243 e. The Hall–Kier alpha value is -0.660. The van der Waals surface area contributed by atoms with Gasteiger partial charge in [0, 0.05) is 24.7 Å². The van der Waals surface area contributed by atoms with Gasteiger partial charge < -0.3 is 10.1 Å². The van der Waals surface area contributed by atoms with Crippen LogP contribution in [0.2, 0.25) is 5.02 Å². The zero-order chi connectivity index (χ0) is 15.5. The molecule has 1 aliphatic rings. The highest BCUT2D eigenvalue weighted by molar-refractivity contribution is 7.89. The van der Waals surface area contributed by atoms with E-state index in [0.717, 1.165) is 12.0 Å². The molecule has 1 aliphatic heterocycles. The Kier molecular flexibility index (Phi) is 5.62. The number of nitrogens with one attached hydrogen (secondary N) is 1. The molecule has 1 N–H and O–H groups in total. The summed E-state index contributed by atoms with van der Waals surface area (Å²) in [6.07, 6.45) is 0.773. The van der Waals surface area contributed by atoms with E-state index in [2.05, 4.69) is 5.32 Å². The van der Waals surface area contributed by atoms with Gasteiger partial charge in [-0.2, -0.15) is 4.31 Å². The summed E-state index contributed by atoms with van der Waals surface area (Å²) in [5, 5.41) is 3.55. The molecule has 1 unspecified atom stereocenters. The zero-order valence-electron chi connectivity index (χ0n) is 12.3. The van der Waals surface area contributed by atoms with Gasteiger partial charge in [0.25, 0.3) is 0 Å². The van der Waals surface area contributed by atoms with E-state index >= 15 is 0 Å². The first kappa shape index (κ1) is 16.7. The van der Waals surface area contributed by atoms with Crippen molar-refractivity contribution in [1.82, 2.24) is 9.62 Å². The van der Waals surface area contributed by atoms with Gasteiger partial charge in [-0.15, -0.1) is 0 Å². The predicted octanol–water partition coefficient (Wildman–Crippen LogP) is 1.86. The molecular weight excluding hydrogens is 312 g/mol. The molecule has 2 rings (SSSR count). The molecule has 0 radical (unpaired) electrons. The summed E-state index contributed by atoms with van der Waals surface area (Å²) in [4.78, 5) is 0.286. The molecule has 1 heterocycles. The quantitative estimate of drug-likeness (QED) is 0.894. The number of rotatable bonds is 5. The second kappa shape index (κ2) is 7.07. The lowest BCUT2D eigenvalue weighted by atomic mass is 10.2. The summed E-state index contributed by atoms with van der Waals surface area (Å²) in [6, 6.07) is 4.84. The molecule has 0 bridgehead atoms. The number of sulfonamides is 1. The lowest BCUT2D eigenvalue weighted by Gasteiger charge is -2.31. The van der Waals surface area contributed by atoms with Crippen molar-refractivity contribution in [3.63, 3.8) is 0 Å². The van der Waals surface area contributed by atoms with E-state index in [0.29, 0.717) is 31.3 Å². The molecule has 5 nitrogen and oxygen atoms in total. The van der Waals surface area contributed by atoms with Crippen LogP contribution in [0.4, 0.5) is 0 Å². The molecule has 21 heavy (non-hydrogen) atoms. The number of benzene rings is 1. The van der Waals surface area contributed by atoms with Crippen LogP contribution in [0.25, 0.3) is 0 Å². The van der Waals surface area contributed by atoms with Crippen molar-refractivity contribution in [1.29, 1.82) is 0 Å². The van der Waals surface area contributed by atoms with Crippen LogP contribution in [0, 0.1) is 0 Å². The smallest absolute Gasteiger partial charge is 0.243 e. The largest absolute Gasteiger partial charge is 0.375 e. The summed E-state index contributed by atoms with van der Waals surface area (Å²) in [5.41, 5.74) is 0.778. The van der Waals surface area contributed by atoms with E-state index in [1.165, 1.54) is 4.31 Å². The Balaban J connectivity index is 2.28. The fraction of sp³-hybridized carbons (Fsp3) is 0.571. The number of nitrogens with zero attached hydrogens (tertiary/aromatic N) is 1. The van der Waals surface area contributed by atoms with Crippen molar-refractivity contribution in [3.8, 4) is 0 Å². The summed E-state index contributed by atoms with van der Waals surface area (Å²) in [7, 11) is -1.70. The van der Waals surface area contributed by atoms with Gasteiger partial charge >= 0.3 is 0 Å². The van der Waals surface area contributed by atoms with Crippen LogP contribution in [-0.2, 0) is 21.3 Å². The van der Waals surface area contributed by atoms with Crippen LogP contribution >= 0.6 is 11.6 Å². The SMILES string of the molecule is CCC1CN(S(=O)(=O)c2ccc(Cl)c(CNC)c2)CCO1. The third-order valence-corrected chi connectivity index (χ3v) is 5.81. The fourth-order valence-corrected chi connectivity index (χ4v) is 4.04. The molecular formula is C14H21ClN2O3S. The van der Waals surface area contributed by atoms with Crippen molar-refractivity contribution in [2.24, 2.45) is 0 Å². The minimum atomic E-state index is -3.50. The molecule has 118 valence electrons. The standard InChI is InChI=1S/C14H21ClN2O3S/c1-3-12-10-17(6-7-20-12)21(18,19)13-4-5-14(15)11(8-13)9-16-2/h4-5,8,12,16H,3,6-7,9-10H2,1-2H3. The normalized spacial score (nSPS) is 20.6. The van der Waals surface area contributed by atoms with Crippen molar-refractivity contribution >= 4 is 21.6 Å². The summed E-state index contributed by atoms with van der Waals surface area (Å²) in [6.45, 7) is 3.76. The van der Waals surface area contributed by atoms with Crippen LogP contribution in [0.5, 0.6) is 0 Å². The minimum Gasteiger partial charge on any atom is -0.375 e. The molecule has 0 aliphatic carbocycles. The molecule has 0 spiro atoms. The second-order valence-corrected chi connectivity index (χ2v) is 7.39. The average Bonchev–Trinajstić information content (AvgIpc) is 2.49. The van der Waals surface area contributed by atoms with Crippen LogP contribution in [-0.4, -0.2) is 45.6 Å². The van der Waals surface area contributed by atoms with Gasteiger partial charge in [0.15, 0.2) is 0 Å². The lowest BCUT2D eigenvalue weighted by molar-refractivity contribution is -0.00277. The van der Waals surface area contributed by atoms with Crippen molar-refractivity contribution in [2.75, 3.05) is 26.7 Å². The van der Waals surface area contributed by atoms with E-state index < -0.39 is 10.0 Å². The number of ether oxygens (including phenoxy) is 1. The third kappa shape index (κ3) is 3.76.